The monoisotopic (exact) mass is 242 g/mol. The van der Waals surface area contributed by atoms with Gasteiger partial charge in [-0.2, -0.15) is 0 Å². The summed E-state index contributed by atoms with van der Waals surface area (Å²) in [7, 11) is 0. The summed E-state index contributed by atoms with van der Waals surface area (Å²) < 4.78 is 0. The zero-order chi connectivity index (χ0) is 13.1. The van der Waals surface area contributed by atoms with Crippen molar-refractivity contribution in [3.05, 3.63) is 12.7 Å². The molecule has 0 atom stereocenters. The third-order valence-electron chi connectivity index (χ3n) is 2.78. The van der Waals surface area contributed by atoms with E-state index >= 15 is 0 Å². The molecular formula is C13H26N2O2. The van der Waals surface area contributed by atoms with Crippen LogP contribution in [0, 0.1) is 0 Å². The van der Waals surface area contributed by atoms with E-state index in [1.165, 1.54) is 0 Å². The molecule has 1 N–H and O–H groups in total. The lowest BCUT2D eigenvalue weighted by Gasteiger charge is -2.21. The minimum absolute atomic E-state index is 0.151. The van der Waals surface area contributed by atoms with E-state index in [4.69, 9.17) is 5.11 Å². The Balaban J connectivity index is 3.86. The Kier molecular flexibility index (Phi) is 9.77. The van der Waals surface area contributed by atoms with Crippen LogP contribution in [-0.2, 0) is 4.79 Å². The second-order valence-electron chi connectivity index (χ2n) is 3.98. The van der Waals surface area contributed by atoms with Crippen LogP contribution in [0.15, 0.2) is 12.7 Å². The zero-order valence-corrected chi connectivity index (χ0v) is 11.2. The molecule has 0 aliphatic heterocycles. The molecule has 0 heterocycles. The summed E-state index contributed by atoms with van der Waals surface area (Å²) in [6.07, 6.45) is 3.24. The van der Waals surface area contributed by atoms with Crippen molar-refractivity contribution in [3.63, 3.8) is 0 Å². The van der Waals surface area contributed by atoms with E-state index in [9.17, 15) is 4.79 Å². The van der Waals surface area contributed by atoms with Gasteiger partial charge in [-0.3, -0.25) is 9.69 Å². The number of hydrogen-bond donors (Lipinski definition) is 1. The Morgan fingerprint density at radius 2 is 1.94 bits per heavy atom. The lowest BCUT2D eigenvalue weighted by Crippen LogP contribution is -2.32. The van der Waals surface area contributed by atoms with Crippen molar-refractivity contribution in [1.29, 1.82) is 0 Å². The molecular weight excluding hydrogens is 216 g/mol. The van der Waals surface area contributed by atoms with Crippen LogP contribution in [0.5, 0.6) is 0 Å². The van der Waals surface area contributed by atoms with Gasteiger partial charge >= 0.3 is 0 Å². The molecule has 0 aromatic rings. The van der Waals surface area contributed by atoms with Crippen LogP contribution in [0.4, 0.5) is 0 Å². The lowest BCUT2D eigenvalue weighted by atomic mass is 10.2. The first-order valence-corrected chi connectivity index (χ1v) is 6.41. The predicted molar refractivity (Wildman–Crippen MR) is 70.9 cm³/mol. The first-order chi connectivity index (χ1) is 8.19. The largest absolute Gasteiger partial charge is 0.395 e. The van der Waals surface area contributed by atoms with Gasteiger partial charge in [0.05, 0.1) is 6.61 Å². The third kappa shape index (κ3) is 7.13. The Hall–Kier alpha value is -0.870. The maximum Gasteiger partial charge on any atom is 0.222 e. The maximum atomic E-state index is 11.7. The summed E-state index contributed by atoms with van der Waals surface area (Å²) in [5, 5.41) is 8.89. The van der Waals surface area contributed by atoms with Crippen LogP contribution in [-0.4, -0.2) is 60.1 Å². The number of nitrogens with zero attached hydrogens (tertiary/aromatic N) is 2. The van der Waals surface area contributed by atoms with Gasteiger partial charge in [0, 0.05) is 32.6 Å². The minimum Gasteiger partial charge on any atom is -0.395 e. The van der Waals surface area contributed by atoms with E-state index in [1.807, 2.05) is 24.8 Å². The van der Waals surface area contributed by atoms with E-state index in [-0.39, 0.29) is 12.5 Å². The van der Waals surface area contributed by atoms with Gasteiger partial charge in [-0.15, -0.1) is 6.58 Å². The van der Waals surface area contributed by atoms with E-state index < -0.39 is 0 Å². The fourth-order valence-electron chi connectivity index (χ4n) is 1.81. The Labute approximate surface area is 105 Å². The molecule has 100 valence electrons. The van der Waals surface area contributed by atoms with Crippen LogP contribution >= 0.6 is 0 Å². The van der Waals surface area contributed by atoms with Crippen molar-refractivity contribution < 1.29 is 9.90 Å². The fraction of sp³-hybridized carbons (Fsp3) is 0.769. The number of aliphatic hydroxyl groups excluding tert-OH is 1. The molecule has 1 amide bonds. The fourth-order valence-corrected chi connectivity index (χ4v) is 1.81. The van der Waals surface area contributed by atoms with Crippen molar-refractivity contribution in [2.75, 3.05) is 39.3 Å². The minimum atomic E-state index is 0.151. The number of aliphatic hydroxyl groups is 1. The van der Waals surface area contributed by atoms with Crippen molar-refractivity contribution in [1.82, 2.24) is 9.80 Å². The lowest BCUT2D eigenvalue weighted by molar-refractivity contribution is -0.130. The number of amides is 1. The molecule has 0 rings (SSSR count). The van der Waals surface area contributed by atoms with Gasteiger partial charge in [0.25, 0.3) is 0 Å². The van der Waals surface area contributed by atoms with Gasteiger partial charge in [0.1, 0.15) is 0 Å². The quantitative estimate of drug-likeness (QED) is 0.584. The zero-order valence-electron chi connectivity index (χ0n) is 11.2. The summed E-state index contributed by atoms with van der Waals surface area (Å²) in [5.74, 6) is 0.220. The van der Waals surface area contributed by atoms with Crippen molar-refractivity contribution in [3.8, 4) is 0 Å². The molecule has 0 unspecified atom stereocenters. The van der Waals surface area contributed by atoms with Gasteiger partial charge in [0.2, 0.25) is 5.91 Å². The summed E-state index contributed by atoms with van der Waals surface area (Å²) in [5.41, 5.74) is 0. The van der Waals surface area contributed by atoms with Gasteiger partial charge in [0.15, 0.2) is 0 Å². The van der Waals surface area contributed by atoms with Crippen molar-refractivity contribution in [2.45, 2.75) is 26.7 Å². The van der Waals surface area contributed by atoms with Crippen molar-refractivity contribution in [2.24, 2.45) is 0 Å². The maximum absolute atomic E-state index is 11.7. The first kappa shape index (κ1) is 16.1. The molecule has 0 aromatic carbocycles. The highest BCUT2D eigenvalue weighted by molar-refractivity contribution is 5.76. The highest BCUT2D eigenvalue weighted by atomic mass is 16.3. The van der Waals surface area contributed by atoms with Crippen LogP contribution in [0.2, 0.25) is 0 Å². The van der Waals surface area contributed by atoms with Crippen LogP contribution in [0.3, 0.4) is 0 Å². The highest BCUT2D eigenvalue weighted by Crippen LogP contribution is 2.00. The van der Waals surface area contributed by atoms with Crippen LogP contribution in [0.1, 0.15) is 26.7 Å². The standard InChI is InChI=1S/C13H26N2O2/c1-4-9-14(11-12-16)10-7-8-13(17)15(5-2)6-3/h4,16H,1,5-12H2,2-3H3. The summed E-state index contributed by atoms with van der Waals surface area (Å²) >= 11 is 0. The Morgan fingerprint density at radius 1 is 1.29 bits per heavy atom. The van der Waals surface area contributed by atoms with E-state index in [0.717, 1.165) is 32.6 Å². The molecule has 0 saturated carbocycles. The molecule has 4 nitrogen and oxygen atoms in total. The predicted octanol–water partition coefficient (Wildman–Crippen LogP) is 1.12. The molecule has 0 fully saturated rings. The molecule has 4 heteroatoms. The third-order valence-corrected chi connectivity index (χ3v) is 2.78. The average Bonchev–Trinajstić information content (AvgIpc) is 2.31. The second-order valence-corrected chi connectivity index (χ2v) is 3.98. The number of rotatable bonds is 10. The molecule has 0 bridgehead atoms. The summed E-state index contributed by atoms with van der Waals surface area (Å²) in [6.45, 7) is 11.6. The molecule has 17 heavy (non-hydrogen) atoms. The Morgan fingerprint density at radius 3 is 2.41 bits per heavy atom. The average molecular weight is 242 g/mol. The summed E-state index contributed by atoms with van der Waals surface area (Å²) in [4.78, 5) is 15.7. The van der Waals surface area contributed by atoms with E-state index in [2.05, 4.69) is 11.5 Å². The normalized spacial score (nSPS) is 10.6. The van der Waals surface area contributed by atoms with Gasteiger partial charge in [-0.25, -0.2) is 0 Å². The topological polar surface area (TPSA) is 43.8 Å². The smallest absolute Gasteiger partial charge is 0.222 e. The molecule has 0 radical (unpaired) electrons. The van der Waals surface area contributed by atoms with E-state index in [0.29, 0.717) is 13.0 Å². The van der Waals surface area contributed by atoms with Crippen LogP contribution < -0.4 is 0 Å². The first-order valence-electron chi connectivity index (χ1n) is 6.41. The molecule has 0 saturated heterocycles. The molecule has 0 aliphatic rings. The Bertz CT molecular complexity index is 215. The van der Waals surface area contributed by atoms with E-state index in [1.54, 1.807) is 0 Å². The number of carbonyl (C=O) groups is 1. The summed E-state index contributed by atoms with van der Waals surface area (Å²) in [6, 6.07) is 0. The molecule has 0 aliphatic carbocycles. The molecule has 0 spiro atoms. The highest BCUT2D eigenvalue weighted by Gasteiger charge is 2.09. The number of carbonyl (C=O) groups excluding carboxylic acids is 1. The van der Waals surface area contributed by atoms with Crippen LogP contribution in [0.25, 0.3) is 0 Å². The molecule has 0 aromatic heterocycles. The van der Waals surface area contributed by atoms with Crippen molar-refractivity contribution >= 4 is 5.91 Å². The van der Waals surface area contributed by atoms with Gasteiger partial charge < -0.3 is 10.0 Å². The van der Waals surface area contributed by atoms with Gasteiger partial charge in [-0.1, -0.05) is 6.08 Å². The van der Waals surface area contributed by atoms with Gasteiger partial charge in [-0.05, 0) is 26.8 Å². The number of hydrogen-bond acceptors (Lipinski definition) is 3. The SMILES string of the molecule is C=CCN(CCO)CCCC(=O)N(CC)CC. The second kappa shape index (κ2) is 10.3.